The lowest BCUT2D eigenvalue weighted by Crippen LogP contribution is -2.12. The van der Waals surface area contributed by atoms with Crippen molar-refractivity contribution in [3.8, 4) is 17.2 Å². The molecule has 0 aromatic heterocycles. The third-order valence-corrected chi connectivity index (χ3v) is 3.14. The number of amides is 1. The number of phenols is 1. The largest absolute Gasteiger partial charge is 0.506 e. The van der Waals surface area contributed by atoms with Gasteiger partial charge in [-0.15, -0.1) is 0 Å². The third-order valence-electron chi connectivity index (χ3n) is 2.82. The fraction of sp³-hybridized carbons (Fsp3) is 0.133. The van der Waals surface area contributed by atoms with Gasteiger partial charge in [-0.2, -0.15) is 0 Å². The molecule has 2 N–H and O–H groups in total. The number of ether oxygens (including phenoxy) is 2. The number of methoxy groups -OCH3 is 2. The Labute approximate surface area is 127 Å². The molecule has 6 heteroatoms. The molecule has 0 fully saturated rings. The molecule has 1 amide bonds. The highest BCUT2D eigenvalue weighted by Crippen LogP contribution is 2.27. The van der Waals surface area contributed by atoms with Crippen molar-refractivity contribution in [2.45, 2.75) is 0 Å². The normalized spacial score (nSPS) is 10.0. The molecule has 110 valence electrons. The van der Waals surface area contributed by atoms with Gasteiger partial charge in [0.15, 0.2) is 0 Å². The molecule has 2 aromatic rings. The second kappa shape index (κ2) is 6.37. The van der Waals surface area contributed by atoms with Crippen molar-refractivity contribution in [3.05, 3.63) is 47.0 Å². The van der Waals surface area contributed by atoms with Gasteiger partial charge in [-0.05, 0) is 24.3 Å². The van der Waals surface area contributed by atoms with Crippen LogP contribution in [0, 0.1) is 0 Å². The molecule has 0 aliphatic rings. The predicted octanol–water partition coefficient (Wildman–Crippen LogP) is 3.32. The molecule has 0 unspecified atom stereocenters. The second-order valence-electron chi connectivity index (χ2n) is 4.22. The SMILES string of the molecule is COc1cc(OC)cc(C(=O)Nc2ccc(Cl)c(O)c2)c1. The van der Waals surface area contributed by atoms with Crippen LogP contribution >= 0.6 is 11.6 Å². The average molecular weight is 308 g/mol. The number of hydrogen-bond acceptors (Lipinski definition) is 4. The van der Waals surface area contributed by atoms with Gasteiger partial charge in [0.25, 0.3) is 5.91 Å². The van der Waals surface area contributed by atoms with Crippen LogP contribution in [0.5, 0.6) is 17.2 Å². The number of phenolic OH excluding ortho intramolecular Hbond substituents is 1. The molecule has 0 spiro atoms. The lowest BCUT2D eigenvalue weighted by atomic mass is 10.1. The molecule has 0 aliphatic carbocycles. The number of carbonyl (C=O) groups is 1. The smallest absolute Gasteiger partial charge is 0.255 e. The summed E-state index contributed by atoms with van der Waals surface area (Å²) in [5.74, 6) is 0.573. The van der Waals surface area contributed by atoms with E-state index in [1.165, 1.54) is 26.4 Å². The van der Waals surface area contributed by atoms with Gasteiger partial charge < -0.3 is 19.9 Å². The summed E-state index contributed by atoms with van der Waals surface area (Å²) in [6.45, 7) is 0. The number of anilines is 1. The number of hydrogen-bond donors (Lipinski definition) is 2. The Balaban J connectivity index is 2.25. The number of rotatable bonds is 4. The molecule has 5 nitrogen and oxygen atoms in total. The van der Waals surface area contributed by atoms with E-state index in [-0.39, 0.29) is 16.7 Å². The number of benzene rings is 2. The van der Waals surface area contributed by atoms with E-state index in [9.17, 15) is 9.90 Å². The Bertz CT molecular complexity index is 650. The topological polar surface area (TPSA) is 67.8 Å². The number of nitrogens with one attached hydrogen (secondary N) is 1. The van der Waals surface area contributed by atoms with Gasteiger partial charge in [-0.25, -0.2) is 0 Å². The minimum atomic E-state index is -0.353. The predicted molar refractivity (Wildman–Crippen MR) is 80.6 cm³/mol. The summed E-state index contributed by atoms with van der Waals surface area (Å²) < 4.78 is 10.2. The summed E-state index contributed by atoms with van der Waals surface area (Å²) in [6, 6.07) is 9.32. The standard InChI is InChI=1S/C15H14ClNO4/c1-20-11-5-9(6-12(8-11)21-2)15(19)17-10-3-4-13(16)14(18)7-10/h3-8,18H,1-2H3,(H,17,19). The minimum Gasteiger partial charge on any atom is -0.506 e. The van der Waals surface area contributed by atoms with Gasteiger partial charge >= 0.3 is 0 Å². The lowest BCUT2D eigenvalue weighted by molar-refractivity contribution is 0.102. The molecule has 0 saturated carbocycles. The van der Waals surface area contributed by atoms with Crippen molar-refractivity contribution in [2.24, 2.45) is 0 Å². The van der Waals surface area contributed by atoms with Crippen LogP contribution in [-0.2, 0) is 0 Å². The Morgan fingerprint density at radius 2 is 1.71 bits per heavy atom. The van der Waals surface area contributed by atoms with Crippen LogP contribution in [0.25, 0.3) is 0 Å². The van der Waals surface area contributed by atoms with Crippen molar-refractivity contribution in [1.82, 2.24) is 0 Å². The fourth-order valence-corrected chi connectivity index (χ4v) is 1.85. The molecular weight excluding hydrogens is 294 g/mol. The molecule has 0 saturated heterocycles. The first kappa shape index (κ1) is 15.0. The van der Waals surface area contributed by atoms with E-state index >= 15 is 0 Å². The maximum Gasteiger partial charge on any atom is 0.255 e. The Hall–Kier alpha value is -2.40. The maximum absolute atomic E-state index is 12.2. The van der Waals surface area contributed by atoms with Crippen LogP contribution in [0.3, 0.4) is 0 Å². The number of aromatic hydroxyl groups is 1. The highest BCUT2D eigenvalue weighted by molar-refractivity contribution is 6.32. The van der Waals surface area contributed by atoms with E-state index in [1.807, 2.05) is 0 Å². The molecule has 0 heterocycles. The molecule has 0 aliphatic heterocycles. The van der Waals surface area contributed by atoms with Crippen molar-refractivity contribution < 1.29 is 19.4 Å². The summed E-state index contributed by atoms with van der Waals surface area (Å²) in [4.78, 5) is 12.2. The van der Waals surface area contributed by atoms with Gasteiger partial charge in [-0.1, -0.05) is 11.6 Å². The van der Waals surface area contributed by atoms with Crippen LogP contribution in [-0.4, -0.2) is 25.2 Å². The van der Waals surface area contributed by atoms with Gasteiger partial charge in [0.05, 0.1) is 19.2 Å². The van der Waals surface area contributed by atoms with Crippen LogP contribution in [0.4, 0.5) is 5.69 Å². The quantitative estimate of drug-likeness (QED) is 0.909. The monoisotopic (exact) mass is 307 g/mol. The van der Waals surface area contributed by atoms with Crippen molar-refractivity contribution >= 4 is 23.2 Å². The highest BCUT2D eigenvalue weighted by Gasteiger charge is 2.11. The van der Waals surface area contributed by atoms with E-state index in [0.717, 1.165) is 0 Å². The third kappa shape index (κ3) is 3.58. The van der Waals surface area contributed by atoms with E-state index in [2.05, 4.69) is 5.32 Å². The summed E-state index contributed by atoms with van der Waals surface area (Å²) in [6.07, 6.45) is 0. The number of carbonyl (C=O) groups excluding carboxylic acids is 1. The molecule has 21 heavy (non-hydrogen) atoms. The van der Waals surface area contributed by atoms with Crippen LogP contribution in [0.1, 0.15) is 10.4 Å². The zero-order chi connectivity index (χ0) is 15.4. The Morgan fingerprint density at radius 1 is 1.10 bits per heavy atom. The fourth-order valence-electron chi connectivity index (χ4n) is 1.73. The van der Waals surface area contributed by atoms with E-state index in [4.69, 9.17) is 21.1 Å². The average Bonchev–Trinajstić information content (AvgIpc) is 2.50. The van der Waals surface area contributed by atoms with Crippen LogP contribution in [0.15, 0.2) is 36.4 Å². The van der Waals surface area contributed by atoms with E-state index in [0.29, 0.717) is 22.7 Å². The highest BCUT2D eigenvalue weighted by atomic mass is 35.5. The first-order chi connectivity index (χ1) is 10.0. The van der Waals surface area contributed by atoms with Crippen LogP contribution < -0.4 is 14.8 Å². The van der Waals surface area contributed by atoms with Gasteiger partial charge in [0.2, 0.25) is 0 Å². The van der Waals surface area contributed by atoms with Crippen molar-refractivity contribution in [2.75, 3.05) is 19.5 Å². The summed E-state index contributed by atoms with van der Waals surface area (Å²) >= 11 is 5.72. The zero-order valence-electron chi connectivity index (χ0n) is 11.5. The molecule has 0 radical (unpaired) electrons. The molecule has 2 aromatic carbocycles. The lowest BCUT2D eigenvalue weighted by Gasteiger charge is -2.09. The molecule has 2 rings (SSSR count). The molecule has 0 atom stereocenters. The summed E-state index contributed by atoms with van der Waals surface area (Å²) in [7, 11) is 3.02. The Kier molecular flexibility index (Phi) is 4.55. The van der Waals surface area contributed by atoms with Crippen LogP contribution in [0.2, 0.25) is 5.02 Å². The van der Waals surface area contributed by atoms with E-state index < -0.39 is 0 Å². The molecular formula is C15H14ClNO4. The van der Waals surface area contributed by atoms with E-state index in [1.54, 1.807) is 24.3 Å². The summed E-state index contributed by atoms with van der Waals surface area (Å²) in [5, 5.41) is 12.4. The maximum atomic E-state index is 12.2. The Morgan fingerprint density at radius 3 is 2.24 bits per heavy atom. The van der Waals surface area contributed by atoms with Gasteiger partial charge in [0, 0.05) is 23.4 Å². The minimum absolute atomic E-state index is 0.0994. The van der Waals surface area contributed by atoms with Crippen molar-refractivity contribution in [3.63, 3.8) is 0 Å². The van der Waals surface area contributed by atoms with Gasteiger partial charge in [0.1, 0.15) is 17.2 Å². The zero-order valence-corrected chi connectivity index (χ0v) is 12.3. The first-order valence-corrected chi connectivity index (χ1v) is 6.44. The first-order valence-electron chi connectivity index (χ1n) is 6.06. The van der Waals surface area contributed by atoms with Crippen molar-refractivity contribution in [1.29, 1.82) is 0 Å². The molecule has 0 bridgehead atoms. The van der Waals surface area contributed by atoms with Gasteiger partial charge in [-0.3, -0.25) is 4.79 Å². The summed E-state index contributed by atoms with van der Waals surface area (Å²) in [5.41, 5.74) is 0.810. The number of halogens is 1. The second-order valence-corrected chi connectivity index (χ2v) is 4.63.